The fourth-order valence-corrected chi connectivity index (χ4v) is 3.69. The summed E-state index contributed by atoms with van der Waals surface area (Å²) in [6.45, 7) is 0. The van der Waals surface area contributed by atoms with Crippen molar-refractivity contribution in [3.8, 4) is 0 Å². The maximum absolute atomic E-state index is 6.16. The summed E-state index contributed by atoms with van der Waals surface area (Å²) < 4.78 is 1.10. The molecule has 1 heterocycles. The highest BCUT2D eigenvalue weighted by Gasteiger charge is 2.11. The van der Waals surface area contributed by atoms with Gasteiger partial charge in [-0.05, 0) is 51.1 Å². The molecule has 1 unspecified atom stereocenters. The summed E-state index contributed by atoms with van der Waals surface area (Å²) in [5.74, 6) is 0. The van der Waals surface area contributed by atoms with Gasteiger partial charge in [0.1, 0.15) is 0 Å². The van der Waals surface area contributed by atoms with E-state index in [1.165, 1.54) is 4.88 Å². The normalized spacial score (nSPS) is 12.7. The molecule has 1 nitrogen and oxygen atoms in total. The van der Waals surface area contributed by atoms with Gasteiger partial charge in [-0.15, -0.1) is 11.3 Å². The smallest absolute Gasteiger partial charge is 0.0424 e. The molecule has 0 aliphatic rings. The van der Waals surface area contributed by atoms with Gasteiger partial charge in [-0.3, -0.25) is 0 Å². The lowest BCUT2D eigenvalue weighted by Crippen LogP contribution is -2.12. The molecule has 17 heavy (non-hydrogen) atoms. The standard InChI is InChI=1S/C12H10BrCl2NS/c13-10-1-2-17-12(10)6-11(16)7-3-8(14)5-9(15)4-7/h1-5,11H,6,16H2. The lowest BCUT2D eigenvalue weighted by Gasteiger charge is -2.12. The van der Waals surface area contributed by atoms with E-state index in [1.54, 1.807) is 17.4 Å². The largest absolute Gasteiger partial charge is 0.324 e. The summed E-state index contributed by atoms with van der Waals surface area (Å²) in [4.78, 5) is 1.23. The SMILES string of the molecule is NC(Cc1sccc1Br)c1cc(Cl)cc(Cl)c1. The fourth-order valence-electron chi connectivity index (χ4n) is 1.58. The first kappa shape index (κ1) is 13.4. The Morgan fingerprint density at radius 1 is 1.24 bits per heavy atom. The lowest BCUT2D eigenvalue weighted by molar-refractivity contribution is 0.728. The van der Waals surface area contributed by atoms with Gasteiger partial charge in [-0.2, -0.15) is 0 Å². The second kappa shape index (κ2) is 5.72. The van der Waals surface area contributed by atoms with Crippen molar-refractivity contribution in [2.75, 3.05) is 0 Å². The molecule has 5 heteroatoms. The fraction of sp³-hybridized carbons (Fsp3) is 0.167. The number of benzene rings is 1. The van der Waals surface area contributed by atoms with Gasteiger partial charge in [-0.1, -0.05) is 23.2 Å². The van der Waals surface area contributed by atoms with E-state index in [9.17, 15) is 0 Å². The van der Waals surface area contributed by atoms with E-state index in [2.05, 4.69) is 15.9 Å². The van der Waals surface area contributed by atoms with Gasteiger partial charge in [0.25, 0.3) is 0 Å². The Labute approximate surface area is 123 Å². The molecule has 90 valence electrons. The van der Waals surface area contributed by atoms with Crippen molar-refractivity contribution in [3.05, 3.63) is 54.6 Å². The average Bonchev–Trinajstić information content (AvgIpc) is 2.63. The molecule has 1 aromatic heterocycles. The number of hydrogen-bond donors (Lipinski definition) is 1. The summed E-state index contributed by atoms with van der Waals surface area (Å²) in [5, 5.41) is 3.28. The Balaban J connectivity index is 2.20. The van der Waals surface area contributed by atoms with Gasteiger partial charge in [0.2, 0.25) is 0 Å². The third-order valence-corrected chi connectivity index (χ3v) is 4.79. The van der Waals surface area contributed by atoms with E-state index in [0.717, 1.165) is 16.5 Å². The Morgan fingerprint density at radius 3 is 2.41 bits per heavy atom. The first-order valence-corrected chi connectivity index (χ1v) is 7.42. The predicted octanol–water partition coefficient (Wildman–Crippen LogP) is 5.06. The minimum Gasteiger partial charge on any atom is -0.324 e. The average molecular weight is 351 g/mol. The van der Waals surface area contributed by atoms with Crippen molar-refractivity contribution in [1.82, 2.24) is 0 Å². The van der Waals surface area contributed by atoms with Gasteiger partial charge in [0.15, 0.2) is 0 Å². The highest BCUT2D eigenvalue weighted by molar-refractivity contribution is 9.10. The quantitative estimate of drug-likeness (QED) is 0.822. The van der Waals surface area contributed by atoms with Crippen LogP contribution in [-0.4, -0.2) is 0 Å². The summed E-state index contributed by atoms with van der Waals surface area (Å²) in [6.07, 6.45) is 0.773. The second-order valence-electron chi connectivity index (χ2n) is 3.71. The highest BCUT2D eigenvalue weighted by atomic mass is 79.9. The van der Waals surface area contributed by atoms with E-state index in [-0.39, 0.29) is 6.04 Å². The number of rotatable bonds is 3. The van der Waals surface area contributed by atoms with E-state index in [4.69, 9.17) is 28.9 Å². The Kier molecular flexibility index (Phi) is 4.50. The molecule has 1 atom stereocenters. The Morgan fingerprint density at radius 2 is 1.88 bits per heavy atom. The van der Waals surface area contributed by atoms with Crippen molar-refractivity contribution in [1.29, 1.82) is 0 Å². The van der Waals surface area contributed by atoms with E-state index in [0.29, 0.717) is 10.0 Å². The molecule has 0 aliphatic carbocycles. The summed E-state index contributed by atoms with van der Waals surface area (Å²) in [5.41, 5.74) is 7.12. The van der Waals surface area contributed by atoms with E-state index < -0.39 is 0 Å². The molecule has 2 aromatic rings. The zero-order valence-electron chi connectivity index (χ0n) is 8.79. The molecular formula is C12H10BrCl2NS. The van der Waals surface area contributed by atoms with Crippen LogP contribution in [0, 0.1) is 0 Å². The minimum atomic E-state index is -0.0962. The molecular weight excluding hydrogens is 341 g/mol. The van der Waals surface area contributed by atoms with Crippen molar-refractivity contribution >= 4 is 50.5 Å². The summed E-state index contributed by atoms with van der Waals surface area (Å²) in [6, 6.07) is 7.36. The summed E-state index contributed by atoms with van der Waals surface area (Å²) >= 11 is 17.1. The molecule has 0 spiro atoms. The van der Waals surface area contributed by atoms with Gasteiger partial charge in [0, 0.05) is 31.9 Å². The van der Waals surface area contributed by atoms with Crippen LogP contribution >= 0.6 is 50.5 Å². The van der Waals surface area contributed by atoms with Crippen LogP contribution in [0.15, 0.2) is 34.1 Å². The maximum atomic E-state index is 6.16. The topological polar surface area (TPSA) is 26.0 Å². The Bertz CT molecular complexity index is 507. The number of hydrogen-bond acceptors (Lipinski definition) is 2. The molecule has 0 radical (unpaired) electrons. The van der Waals surface area contributed by atoms with Gasteiger partial charge in [0.05, 0.1) is 0 Å². The van der Waals surface area contributed by atoms with Gasteiger partial charge >= 0.3 is 0 Å². The predicted molar refractivity (Wildman–Crippen MR) is 79.1 cm³/mol. The first-order valence-electron chi connectivity index (χ1n) is 4.99. The van der Waals surface area contributed by atoms with E-state index >= 15 is 0 Å². The van der Waals surface area contributed by atoms with Crippen LogP contribution in [0.3, 0.4) is 0 Å². The molecule has 2 N–H and O–H groups in total. The highest BCUT2D eigenvalue weighted by Crippen LogP contribution is 2.29. The van der Waals surface area contributed by atoms with Crippen molar-refractivity contribution in [2.24, 2.45) is 5.73 Å². The van der Waals surface area contributed by atoms with Crippen molar-refractivity contribution < 1.29 is 0 Å². The van der Waals surface area contributed by atoms with Gasteiger partial charge < -0.3 is 5.73 Å². The first-order chi connectivity index (χ1) is 8.06. The minimum absolute atomic E-state index is 0.0962. The molecule has 0 saturated carbocycles. The number of thiophene rings is 1. The van der Waals surface area contributed by atoms with Crippen molar-refractivity contribution in [2.45, 2.75) is 12.5 Å². The van der Waals surface area contributed by atoms with Crippen molar-refractivity contribution in [3.63, 3.8) is 0 Å². The molecule has 1 aromatic carbocycles. The van der Waals surface area contributed by atoms with Crippen LogP contribution in [-0.2, 0) is 6.42 Å². The van der Waals surface area contributed by atoms with Crippen LogP contribution in [0.2, 0.25) is 10.0 Å². The number of nitrogens with two attached hydrogens (primary N) is 1. The monoisotopic (exact) mass is 349 g/mol. The summed E-state index contributed by atoms with van der Waals surface area (Å²) in [7, 11) is 0. The third kappa shape index (κ3) is 3.46. The lowest BCUT2D eigenvalue weighted by atomic mass is 10.0. The second-order valence-corrected chi connectivity index (χ2v) is 6.43. The van der Waals surface area contributed by atoms with Gasteiger partial charge in [-0.25, -0.2) is 0 Å². The molecule has 0 bridgehead atoms. The Hall–Kier alpha value is -0.0600. The number of halogens is 3. The van der Waals surface area contributed by atoms with Crippen LogP contribution in [0.25, 0.3) is 0 Å². The zero-order chi connectivity index (χ0) is 12.4. The molecule has 0 fully saturated rings. The molecule has 0 aliphatic heterocycles. The van der Waals surface area contributed by atoms with Crippen LogP contribution in [0.5, 0.6) is 0 Å². The molecule has 0 saturated heterocycles. The van der Waals surface area contributed by atoms with Crippen LogP contribution in [0.1, 0.15) is 16.5 Å². The van der Waals surface area contributed by atoms with Crippen LogP contribution < -0.4 is 5.73 Å². The van der Waals surface area contributed by atoms with E-state index in [1.807, 2.05) is 23.6 Å². The molecule has 0 amide bonds. The zero-order valence-corrected chi connectivity index (χ0v) is 12.7. The molecule has 2 rings (SSSR count). The third-order valence-electron chi connectivity index (χ3n) is 2.41. The maximum Gasteiger partial charge on any atom is 0.0424 e. The van der Waals surface area contributed by atoms with Crippen LogP contribution in [0.4, 0.5) is 0 Å².